The van der Waals surface area contributed by atoms with E-state index in [1.54, 1.807) is 18.2 Å². The Hall–Kier alpha value is -1.61. The fourth-order valence-corrected chi connectivity index (χ4v) is 1.80. The number of aryl methyl sites for hydroxylation is 1. The van der Waals surface area contributed by atoms with Crippen LogP contribution >= 0.6 is 11.6 Å². The van der Waals surface area contributed by atoms with Crippen molar-refractivity contribution in [2.45, 2.75) is 13.5 Å². The maximum atomic E-state index is 13.5. The lowest BCUT2D eigenvalue weighted by Gasteiger charge is -2.10. The molecule has 0 amide bonds. The smallest absolute Gasteiger partial charge is 0.129 e. The molecular weight excluding hydrogens is 256 g/mol. The molecule has 0 aliphatic heterocycles. The van der Waals surface area contributed by atoms with E-state index in [2.05, 4.69) is 5.32 Å². The molecule has 2 aromatic rings. The van der Waals surface area contributed by atoms with E-state index in [9.17, 15) is 8.78 Å². The van der Waals surface area contributed by atoms with E-state index in [4.69, 9.17) is 11.6 Å². The van der Waals surface area contributed by atoms with Gasteiger partial charge in [0.25, 0.3) is 0 Å². The molecule has 94 valence electrons. The fourth-order valence-electron chi connectivity index (χ4n) is 1.64. The number of hydrogen-bond donors (Lipinski definition) is 1. The van der Waals surface area contributed by atoms with Crippen LogP contribution in [-0.2, 0) is 6.54 Å². The predicted octanol–water partition coefficient (Wildman–Crippen LogP) is 4.54. The minimum absolute atomic E-state index is 0.285. The second kappa shape index (κ2) is 5.36. The van der Waals surface area contributed by atoms with Crippen LogP contribution in [0.15, 0.2) is 36.4 Å². The van der Waals surface area contributed by atoms with E-state index in [0.717, 1.165) is 5.56 Å². The van der Waals surface area contributed by atoms with Crippen LogP contribution in [0, 0.1) is 18.6 Å². The third-order valence-electron chi connectivity index (χ3n) is 2.68. The molecule has 0 aromatic heterocycles. The van der Waals surface area contributed by atoms with E-state index >= 15 is 0 Å². The molecule has 0 atom stereocenters. The quantitative estimate of drug-likeness (QED) is 0.861. The van der Waals surface area contributed by atoms with E-state index in [-0.39, 0.29) is 18.2 Å². The molecule has 0 radical (unpaired) electrons. The molecule has 0 fully saturated rings. The molecule has 0 heterocycles. The summed E-state index contributed by atoms with van der Waals surface area (Å²) < 4.78 is 26.6. The van der Waals surface area contributed by atoms with Gasteiger partial charge in [0.2, 0.25) is 0 Å². The van der Waals surface area contributed by atoms with Crippen LogP contribution in [0.3, 0.4) is 0 Å². The Morgan fingerprint density at radius 1 is 1.11 bits per heavy atom. The lowest BCUT2D eigenvalue weighted by molar-refractivity contribution is 0.612. The maximum absolute atomic E-state index is 13.5. The lowest BCUT2D eigenvalue weighted by atomic mass is 10.1. The van der Waals surface area contributed by atoms with Crippen molar-refractivity contribution in [1.29, 1.82) is 0 Å². The zero-order valence-electron chi connectivity index (χ0n) is 9.81. The van der Waals surface area contributed by atoms with E-state index in [0.29, 0.717) is 16.3 Å². The average molecular weight is 268 g/mol. The topological polar surface area (TPSA) is 12.0 Å². The van der Waals surface area contributed by atoms with Gasteiger partial charge in [-0.3, -0.25) is 0 Å². The Balaban J connectivity index is 2.13. The third kappa shape index (κ3) is 2.99. The van der Waals surface area contributed by atoms with Crippen molar-refractivity contribution in [1.82, 2.24) is 0 Å². The number of nitrogens with one attached hydrogen (secondary N) is 1. The minimum atomic E-state index is -0.371. The Labute approximate surface area is 109 Å². The van der Waals surface area contributed by atoms with Gasteiger partial charge in [0.15, 0.2) is 0 Å². The number of anilines is 1. The largest absolute Gasteiger partial charge is 0.381 e. The molecule has 4 heteroatoms. The zero-order valence-corrected chi connectivity index (χ0v) is 10.6. The lowest BCUT2D eigenvalue weighted by Crippen LogP contribution is -2.03. The van der Waals surface area contributed by atoms with Gasteiger partial charge in [-0.05, 0) is 36.8 Å². The predicted molar refractivity (Wildman–Crippen MR) is 69.9 cm³/mol. The van der Waals surface area contributed by atoms with Gasteiger partial charge >= 0.3 is 0 Å². The molecular formula is C14H12ClF2N. The number of rotatable bonds is 3. The summed E-state index contributed by atoms with van der Waals surface area (Å²) in [7, 11) is 0. The molecule has 1 nitrogen and oxygen atoms in total. The Kier molecular flexibility index (Phi) is 3.82. The highest BCUT2D eigenvalue weighted by molar-refractivity contribution is 6.30. The summed E-state index contributed by atoms with van der Waals surface area (Å²) >= 11 is 5.67. The highest BCUT2D eigenvalue weighted by Gasteiger charge is 2.04. The Morgan fingerprint density at radius 2 is 1.89 bits per heavy atom. The van der Waals surface area contributed by atoms with Gasteiger partial charge in [-0.25, -0.2) is 8.78 Å². The summed E-state index contributed by atoms with van der Waals surface area (Å²) in [6.07, 6.45) is 0. The highest BCUT2D eigenvalue weighted by atomic mass is 35.5. The van der Waals surface area contributed by atoms with Gasteiger partial charge in [0.05, 0.1) is 0 Å². The number of benzene rings is 2. The molecule has 0 bridgehead atoms. The normalized spacial score (nSPS) is 10.4. The van der Waals surface area contributed by atoms with Gasteiger partial charge in [0, 0.05) is 22.8 Å². The zero-order chi connectivity index (χ0) is 13.1. The molecule has 18 heavy (non-hydrogen) atoms. The van der Waals surface area contributed by atoms with E-state index in [1.165, 1.54) is 18.2 Å². The summed E-state index contributed by atoms with van der Waals surface area (Å²) in [4.78, 5) is 0. The molecule has 0 aliphatic carbocycles. The van der Waals surface area contributed by atoms with Crippen LogP contribution in [0.1, 0.15) is 11.1 Å². The molecule has 0 saturated carbocycles. The number of hydrogen-bond acceptors (Lipinski definition) is 1. The summed E-state index contributed by atoms with van der Waals surface area (Å²) in [5.74, 6) is -0.691. The highest BCUT2D eigenvalue weighted by Crippen LogP contribution is 2.19. The first-order valence-electron chi connectivity index (χ1n) is 5.50. The second-order valence-corrected chi connectivity index (χ2v) is 4.48. The van der Waals surface area contributed by atoms with Gasteiger partial charge in [-0.2, -0.15) is 0 Å². The number of halogens is 3. The third-order valence-corrected chi connectivity index (χ3v) is 2.92. The standard InChI is InChI=1S/C14H12ClF2N/c1-9-2-5-12(16)7-14(9)18-8-10-3-4-11(15)6-13(10)17/h2-7,18H,8H2,1H3. The Bertz CT molecular complexity index is 570. The molecule has 2 rings (SSSR count). The fraction of sp³-hybridized carbons (Fsp3) is 0.143. The van der Waals surface area contributed by atoms with Gasteiger partial charge in [-0.1, -0.05) is 23.7 Å². The van der Waals surface area contributed by atoms with Crippen molar-refractivity contribution >= 4 is 17.3 Å². The van der Waals surface area contributed by atoms with Crippen molar-refractivity contribution in [3.05, 3.63) is 64.2 Å². The molecule has 0 spiro atoms. The first kappa shape index (κ1) is 12.8. The van der Waals surface area contributed by atoms with Crippen LogP contribution < -0.4 is 5.32 Å². The molecule has 0 unspecified atom stereocenters. The van der Waals surface area contributed by atoms with Gasteiger partial charge in [-0.15, -0.1) is 0 Å². The average Bonchev–Trinajstić information content (AvgIpc) is 2.32. The Morgan fingerprint density at radius 3 is 2.61 bits per heavy atom. The summed E-state index contributed by atoms with van der Waals surface area (Å²) in [6, 6.07) is 8.96. The monoisotopic (exact) mass is 267 g/mol. The van der Waals surface area contributed by atoms with E-state index in [1.807, 2.05) is 6.92 Å². The summed E-state index contributed by atoms with van der Waals surface area (Å²) in [5, 5.41) is 3.37. The SMILES string of the molecule is Cc1ccc(F)cc1NCc1ccc(Cl)cc1F. The first-order valence-corrected chi connectivity index (χ1v) is 5.88. The first-order chi connectivity index (χ1) is 8.56. The van der Waals surface area contributed by atoms with Crippen molar-refractivity contribution in [3.63, 3.8) is 0 Å². The minimum Gasteiger partial charge on any atom is -0.381 e. The van der Waals surface area contributed by atoms with Gasteiger partial charge in [0.1, 0.15) is 11.6 Å². The summed E-state index contributed by atoms with van der Waals surface area (Å²) in [6.45, 7) is 2.15. The molecule has 2 aromatic carbocycles. The van der Waals surface area contributed by atoms with Crippen molar-refractivity contribution < 1.29 is 8.78 Å². The van der Waals surface area contributed by atoms with Crippen LogP contribution in [0.2, 0.25) is 5.02 Å². The summed E-state index contributed by atoms with van der Waals surface area (Å²) in [5.41, 5.74) is 2.05. The van der Waals surface area contributed by atoms with Crippen molar-refractivity contribution in [3.8, 4) is 0 Å². The maximum Gasteiger partial charge on any atom is 0.129 e. The second-order valence-electron chi connectivity index (χ2n) is 4.05. The molecule has 0 aliphatic rings. The van der Waals surface area contributed by atoms with Gasteiger partial charge < -0.3 is 5.32 Å². The van der Waals surface area contributed by atoms with Crippen LogP contribution in [0.4, 0.5) is 14.5 Å². The van der Waals surface area contributed by atoms with Crippen LogP contribution in [-0.4, -0.2) is 0 Å². The van der Waals surface area contributed by atoms with Crippen LogP contribution in [0.5, 0.6) is 0 Å². The van der Waals surface area contributed by atoms with Crippen molar-refractivity contribution in [2.24, 2.45) is 0 Å². The van der Waals surface area contributed by atoms with Crippen molar-refractivity contribution in [2.75, 3.05) is 5.32 Å². The van der Waals surface area contributed by atoms with E-state index < -0.39 is 0 Å². The van der Waals surface area contributed by atoms with Crippen LogP contribution in [0.25, 0.3) is 0 Å². The molecule has 0 saturated heterocycles. The molecule has 1 N–H and O–H groups in total.